The molecule has 0 aromatic carbocycles. The fraction of sp³-hybridized carbons (Fsp3) is 0.417. The highest BCUT2D eigenvalue weighted by molar-refractivity contribution is 5.40. The second-order valence-corrected chi connectivity index (χ2v) is 3.57. The molecule has 15 heavy (non-hydrogen) atoms. The lowest BCUT2D eigenvalue weighted by Crippen LogP contribution is -2.23. The van der Waals surface area contributed by atoms with E-state index in [0.29, 0.717) is 0 Å². The minimum absolute atomic E-state index is 0.0426. The van der Waals surface area contributed by atoms with Gasteiger partial charge in [-0.2, -0.15) is 0 Å². The molecule has 0 saturated carbocycles. The van der Waals surface area contributed by atoms with E-state index in [1.54, 1.807) is 0 Å². The highest BCUT2D eigenvalue weighted by atomic mass is 15.2. The molecule has 2 N–H and O–H groups in total. The molecule has 1 rings (SSSR count). The van der Waals surface area contributed by atoms with Crippen molar-refractivity contribution in [2.24, 2.45) is 5.73 Å². The third-order valence-corrected chi connectivity index (χ3v) is 2.35. The lowest BCUT2D eigenvalue weighted by Gasteiger charge is -2.20. The molecular weight excluding hydrogens is 186 g/mol. The number of hydrogen-bond donors (Lipinski definition) is 1. The molecule has 1 aromatic heterocycles. The van der Waals surface area contributed by atoms with Crippen LogP contribution in [-0.4, -0.2) is 18.1 Å². The minimum atomic E-state index is 0.0426. The van der Waals surface area contributed by atoms with Crippen LogP contribution >= 0.6 is 0 Å². The first-order valence-electron chi connectivity index (χ1n) is 5.26. The van der Waals surface area contributed by atoms with E-state index < -0.39 is 0 Å². The highest BCUT2D eigenvalue weighted by Crippen LogP contribution is 2.14. The van der Waals surface area contributed by atoms with Crippen molar-refractivity contribution in [3.8, 4) is 0 Å². The average Bonchev–Trinajstić information content (AvgIpc) is 2.26. The van der Waals surface area contributed by atoms with E-state index in [1.807, 2.05) is 31.3 Å². The molecule has 0 aliphatic carbocycles. The lowest BCUT2D eigenvalue weighted by molar-refractivity contribution is 0.806. The van der Waals surface area contributed by atoms with Gasteiger partial charge >= 0.3 is 0 Å². The Morgan fingerprint density at radius 1 is 1.60 bits per heavy atom. The van der Waals surface area contributed by atoms with Gasteiger partial charge in [-0.3, -0.25) is 0 Å². The summed E-state index contributed by atoms with van der Waals surface area (Å²) >= 11 is 0. The first kappa shape index (κ1) is 11.7. The van der Waals surface area contributed by atoms with Gasteiger partial charge in [-0.15, -0.1) is 6.58 Å². The van der Waals surface area contributed by atoms with Crippen molar-refractivity contribution in [2.75, 3.05) is 18.0 Å². The molecule has 1 unspecified atom stereocenters. The van der Waals surface area contributed by atoms with Crippen molar-refractivity contribution in [1.29, 1.82) is 0 Å². The van der Waals surface area contributed by atoms with Gasteiger partial charge in [0.25, 0.3) is 0 Å². The van der Waals surface area contributed by atoms with Crippen LogP contribution < -0.4 is 10.6 Å². The SMILES string of the molecule is C=CCN(CC)c1ccc(C(C)N)cn1. The monoisotopic (exact) mass is 205 g/mol. The quantitative estimate of drug-likeness (QED) is 0.749. The standard InChI is InChI=1S/C12H19N3/c1-4-8-15(5-2)12-7-6-11(9-14-12)10(3)13/h4,6-7,9-10H,1,5,8,13H2,2-3H3. The summed E-state index contributed by atoms with van der Waals surface area (Å²) in [6, 6.07) is 4.07. The normalized spacial score (nSPS) is 12.2. The van der Waals surface area contributed by atoms with Crippen LogP contribution in [0.2, 0.25) is 0 Å². The predicted molar refractivity (Wildman–Crippen MR) is 64.9 cm³/mol. The molecule has 0 saturated heterocycles. The number of nitrogens with zero attached hydrogens (tertiary/aromatic N) is 2. The number of likely N-dealkylation sites (N-methyl/N-ethyl adjacent to an activating group) is 1. The Morgan fingerprint density at radius 2 is 2.33 bits per heavy atom. The molecule has 1 atom stereocenters. The van der Waals surface area contributed by atoms with Crippen LogP contribution in [0.5, 0.6) is 0 Å². The number of nitrogens with two attached hydrogens (primary N) is 1. The van der Waals surface area contributed by atoms with Gasteiger partial charge in [0.05, 0.1) is 0 Å². The average molecular weight is 205 g/mol. The molecule has 0 radical (unpaired) electrons. The Labute approximate surface area is 91.6 Å². The third kappa shape index (κ3) is 3.06. The number of aromatic nitrogens is 1. The molecule has 0 aliphatic heterocycles. The van der Waals surface area contributed by atoms with Gasteiger partial charge in [-0.25, -0.2) is 4.98 Å². The maximum atomic E-state index is 5.76. The van der Waals surface area contributed by atoms with Crippen LogP contribution in [0.1, 0.15) is 25.5 Å². The molecule has 1 heterocycles. The summed E-state index contributed by atoms with van der Waals surface area (Å²) < 4.78 is 0. The lowest BCUT2D eigenvalue weighted by atomic mass is 10.1. The molecule has 3 heteroatoms. The minimum Gasteiger partial charge on any atom is -0.353 e. The maximum absolute atomic E-state index is 5.76. The number of anilines is 1. The van der Waals surface area contributed by atoms with E-state index >= 15 is 0 Å². The number of rotatable bonds is 5. The first-order valence-corrected chi connectivity index (χ1v) is 5.26. The largest absolute Gasteiger partial charge is 0.353 e. The van der Waals surface area contributed by atoms with Crippen LogP contribution in [-0.2, 0) is 0 Å². The fourth-order valence-corrected chi connectivity index (χ4v) is 1.39. The van der Waals surface area contributed by atoms with Crippen LogP contribution in [0, 0.1) is 0 Å². The summed E-state index contributed by atoms with van der Waals surface area (Å²) in [4.78, 5) is 6.54. The summed E-state index contributed by atoms with van der Waals surface area (Å²) in [5, 5.41) is 0. The Morgan fingerprint density at radius 3 is 2.73 bits per heavy atom. The van der Waals surface area contributed by atoms with Gasteiger partial charge in [0, 0.05) is 25.3 Å². The van der Waals surface area contributed by atoms with Gasteiger partial charge in [0.15, 0.2) is 0 Å². The molecule has 0 fully saturated rings. The van der Waals surface area contributed by atoms with E-state index in [1.165, 1.54) is 0 Å². The topological polar surface area (TPSA) is 42.1 Å². The Hall–Kier alpha value is -1.35. The Kier molecular flexibility index (Phi) is 4.31. The van der Waals surface area contributed by atoms with Gasteiger partial charge < -0.3 is 10.6 Å². The summed E-state index contributed by atoms with van der Waals surface area (Å²) in [7, 11) is 0. The zero-order valence-corrected chi connectivity index (χ0v) is 9.48. The van der Waals surface area contributed by atoms with Crippen molar-refractivity contribution in [3.63, 3.8) is 0 Å². The van der Waals surface area contributed by atoms with E-state index in [9.17, 15) is 0 Å². The molecule has 0 spiro atoms. The molecule has 1 aromatic rings. The third-order valence-electron chi connectivity index (χ3n) is 2.35. The fourth-order valence-electron chi connectivity index (χ4n) is 1.39. The second kappa shape index (κ2) is 5.51. The van der Waals surface area contributed by atoms with Gasteiger partial charge in [0.2, 0.25) is 0 Å². The number of hydrogen-bond acceptors (Lipinski definition) is 3. The molecule has 82 valence electrons. The molecule has 0 bridgehead atoms. The smallest absolute Gasteiger partial charge is 0.128 e. The highest BCUT2D eigenvalue weighted by Gasteiger charge is 2.04. The van der Waals surface area contributed by atoms with E-state index in [0.717, 1.165) is 24.5 Å². The van der Waals surface area contributed by atoms with E-state index in [-0.39, 0.29) is 6.04 Å². The Bertz CT molecular complexity index is 303. The second-order valence-electron chi connectivity index (χ2n) is 3.57. The molecule has 0 aliphatic rings. The van der Waals surface area contributed by atoms with Gasteiger partial charge in [-0.05, 0) is 25.5 Å². The van der Waals surface area contributed by atoms with Crippen LogP contribution in [0.4, 0.5) is 5.82 Å². The molecule has 0 amide bonds. The van der Waals surface area contributed by atoms with Crippen molar-refractivity contribution in [1.82, 2.24) is 4.98 Å². The molecule has 3 nitrogen and oxygen atoms in total. The van der Waals surface area contributed by atoms with Crippen molar-refractivity contribution < 1.29 is 0 Å². The summed E-state index contributed by atoms with van der Waals surface area (Å²) in [5.41, 5.74) is 6.82. The van der Waals surface area contributed by atoms with Crippen LogP contribution in [0.3, 0.4) is 0 Å². The van der Waals surface area contributed by atoms with E-state index in [2.05, 4.69) is 23.4 Å². The zero-order chi connectivity index (χ0) is 11.3. The van der Waals surface area contributed by atoms with Crippen molar-refractivity contribution in [3.05, 3.63) is 36.5 Å². The Balaban J connectivity index is 2.81. The van der Waals surface area contributed by atoms with Gasteiger partial charge in [0.1, 0.15) is 5.82 Å². The predicted octanol–water partition coefficient (Wildman–Crippen LogP) is 2.11. The molecular formula is C12H19N3. The van der Waals surface area contributed by atoms with Crippen molar-refractivity contribution >= 4 is 5.82 Å². The number of pyridine rings is 1. The van der Waals surface area contributed by atoms with Crippen molar-refractivity contribution in [2.45, 2.75) is 19.9 Å². The maximum Gasteiger partial charge on any atom is 0.128 e. The van der Waals surface area contributed by atoms with Gasteiger partial charge in [-0.1, -0.05) is 12.1 Å². The summed E-state index contributed by atoms with van der Waals surface area (Å²) in [6.45, 7) is 9.54. The summed E-state index contributed by atoms with van der Waals surface area (Å²) in [6.07, 6.45) is 3.72. The summed E-state index contributed by atoms with van der Waals surface area (Å²) in [5.74, 6) is 0.974. The van der Waals surface area contributed by atoms with E-state index in [4.69, 9.17) is 5.73 Å². The van der Waals surface area contributed by atoms with Crippen LogP contribution in [0.25, 0.3) is 0 Å². The first-order chi connectivity index (χ1) is 7.19. The zero-order valence-electron chi connectivity index (χ0n) is 9.48. The van der Waals surface area contributed by atoms with Crippen LogP contribution in [0.15, 0.2) is 31.0 Å².